The number of pyridine rings is 2. The predicted octanol–water partition coefficient (Wildman–Crippen LogP) is 12.7. The molecule has 0 saturated heterocycles. The molecule has 54 heavy (non-hydrogen) atoms. The number of hydrogen-bond acceptors (Lipinski definition) is 4. The first-order chi connectivity index (χ1) is 26.7. The van der Waals surface area contributed by atoms with Gasteiger partial charge in [-0.1, -0.05) is 164 Å². The molecular weight excluding hydrogens is 657 g/mol. The zero-order valence-electron chi connectivity index (χ0n) is 29.1. The van der Waals surface area contributed by atoms with Crippen molar-refractivity contribution in [3.05, 3.63) is 182 Å². The lowest BCUT2D eigenvalue weighted by atomic mass is 9.96. The van der Waals surface area contributed by atoms with Gasteiger partial charge in [0.05, 0.1) is 33.8 Å². The van der Waals surface area contributed by atoms with Crippen LogP contribution in [0.15, 0.2) is 182 Å². The fourth-order valence-corrected chi connectivity index (χ4v) is 7.99. The Bertz CT molecular complexity index is 2990. The maximum Gasteiger partial charge on any atom is 0.160 e. The van der Waals surface area contributed by atoms with Crippen LogP contribution in [0.2, 0.25) is 0 Å². The molecule has 3 aromatic heterocycles. The molecule has 0 aliphatic heterocycles. The first kappa shape index (κ1) is 30.3. The van der Waals surface area contributed by atoms with Crippen LogP contribution in [0.1, 0.15) is 0 Å². The molecule has 3 heterocycles. The second kappa shape index (κ2) is 12.1. The minimum Gasteiger partial charge on any atom is -0.245 e. The second-order valence-electron chi connectivity index (χ2n) is 13.8. The molecule has 1 aliphatic carbocycles. The maximum absolute atomic E-state index is 5.33. The van der Waals surface area contributed by atoms with E-state index in [0.717, 1.165) is 72.4 Å². The van der Waals surface area contributed by atoms with Crippen LogP contribution in [0.3, 0.4) is 0 Å². The maximum atomic E-state index is 5.33. The van der Waals surface area contributed by atoms with Gasteiger partial charge in [-0.2, -0.15) is 0 Å². The van der Waals surface area contributed by atoms with E-state index < -0.39 is 0 Å². The van der Waals surface area contributed by atoms with Gasteiger partial charge < -0.3 is 0 Å². The number of benzene rings is 7. The van der Waals surface area contributed by atoms with Crippen molar-refractivity contribution in [1.82, 2.24) is 19.9 Å². The summed E-state index contributed by atoms with van der Waals surface area (Å²) in [5.41, 5.74) is 15.8. The van der Waals surface area contributed by atoms with Crippen molar-refractivity contribution in [3.63, 3.8) is 0 Å². The van der Waals surface area contributed by atoms with Gasteiger partial charge in [-0.15, -0.1) is 0 Å². The van der Waals surface area contributed by atoms with Crippen molar-refractivity contribution < 1.29 is 0 Å². The summed E-state index contributed by atoms with van der Waals surface area (Å²) in [5, 5.41) is 4.64. The number of nitrogens with zero attached hydrogens (tertiary/aromatic N) is 4. The van der Waals surface area contributed by atoms with Gasteiger partial charge in [0.1, 0.15) is 0 Å². The number of rotatable bonds is 5. The van der Waals surface area contributed by atoms with Gasteiger partial charge in [0.25, 0.3) is 0 Å². The summed E-state index contributed by atoms with van der Waals surface area (Å²) in [6.07, 6.45) is 0. The zero-order valence-corrected chi connectivity index (χ0v) is 29.1. The monoisotopic (exact) mass is 686 g/mol. The van der Waals surface area contributed by atoms with Crippen molar-refractivity contribution in [3.8, 4) is 78.7 Å². The first-order valence-corrected chi connectivity index (χ1v) is 18.2. The van der Waals surface area contributed by atoms with Crippen LogP contribution in [-0.4, -0.2) is 19.9 Å². The number of aromatic nitrogens is 4. The molecule has 0 amide bonds. The molecule has 0 radical (unpaired) electrons. The highest BCUT2D eigenvalue weighted by Gasteiger charge is 2.22. The minimum absolute atomic E-state index is 0.683. The SMILES string of the molecule is c1ccc(-c2cc(-c3ccccc3)nc(-c3ccc(-c4ccc5ccc6ccc(-c7ccc8c9c(cccc79)-c7ccccc7-8)nc6c5n4)cc3)n2)cc1. The summed E-state index contributed by atoms with van der Waals surface area (Å²) >= 11 is 0. The van der Waals surface area contributed by atoms with Crippen LogP contribution in [0.5, 0.6) is 0 Å². The standard InChI is InChI=1S/C50H30N4/c1-3-10-31(11-4-1)45-30-46(32-12-5-2-6-13-32)54-50(53-45)36-22-18-33(19-23-36)43-28-24-34-20-21-35-25-29-44(52-49(35)48(34)51-43)39-26-27-42-38-15-8-7-14-37(38)40-16-9-17-41(39)47(40)42/h1-30H. The van der Waals surface area contributed by atoms with Crippen LogP contribution in [0.25, 0.3) is 111 Å². The van der Waals surface area contributed by atoms with Crippen molar-refractivity contribution in [2.75, 3.05) is 0 Å². The van der Waals surface area contributed by atoms with Gasteiger partial charge in [-0.05, 0) is 51.2 Å². The van der Waals surface area contributed by atoms with Gasteiger partial charge in [0, 0.05) is 38.6 Å². The summed E-state index contributed by atoms with van der Waals surface area (Å²) in [5.74, 6) is 0.683. The van der Waals surface area contributed by atoms with E-state index in [-0.39, 0.29) is 0 Å². The fraction of sp³-hybridized carbons (Fsp3) is 0. The lowest BCUT2D eigenvalue weighted by Gasteiger charge is -2.11. The molecule has 0 bridgehead atoms. The molecule has 0 fully saturated rings. The molecule has 1 aliphatic rings. The Morgan fingerprint density at radius 3 is 1.41 bits per heavy atom. The Balaban J connectivity index is 0.989. The third kappa shape index (κ3) is 4.92. The van der Waals surface area contributed by atoms with Gasteiger partial charge in [0.2, 0.25) is 0 Å². The molecule has 250 valence electrons. The Morgan fingerprint density at radius 1 is 0.278 bits per heavy atom. The predicted molar refractivity (Wildman–Crippen MR) is 222 cm³/mol. The molecule has 4 heteroatoms. The van der Waals surface area contributed by atoms with E-state index in [1.165, 1.54) is 33.0 Å². The van der Waals surface area contributed by atoms with E-state index >= 15 is 0 Å². The molecule has 10 aromatic rings. The third-order valence-electron chi connectivity index (χ3n) is 10.6. The van der Waals surface area contributed by atoms with E-state index in [1.54, 1.807) is 0 Å². The van der Waals surface area contributed by atoms with Crippen LogP contribution in [-0.2, 0) is 0 Å². The van der Waals surface area contributed by atoms with E-state index in [9.17, 15) is 0 Å². The highest BCUT2D eigenvalue weighted by molar-refractivity contribution is 6.18. The number of hydrogen-bond donors (Lipinski definition) is 0. The molecule has 7 aromatic carbocycles. The Labute approximate surface area is 312 Å². The highest BCUT2D eigenvalue weighted by atomic mass is 14.9. The molecule has 0 spiro atoms. The molecule has 0 saturated carbocycles. The first-order valence-electron chi connectivity index (χ1n) is 18.2. The zero-order chi connectivity index (χ0) is 35.6. The van der Waals surface area contributed by atoms with Gasteiger partial charge >= 0.3 is 0 Å². The average molecular weight is 687 g/mol. The lowest BCUT2D eigenvalue weighted by molar-refractivity contribution is 1.18. The van der Waals surface area contributed by atoms with Crippen molar-refractivity contribution >= 4 is 32.6 Å². The largest absolute Gasteiger partial charge is 0.245 e. The summed E-state index contributed by atoms with van der Waals surface area (Å²) < 4.78 is 0. The molecule has 0 N–H and O–H groups in total. The van der Waals surface area contributed by atoms with Crippen molar-refractivity contribution in [2.45, 2.75) is 0 Å². The quantitative estimate of drug-likeness (QED) is 0.169. The lowest BCUT2D eigenvalue weighted by Crippen LogP contribution is -1.96. The Morgan fingerprint density at radius 2 is 0.759 bits per heavy atom. The van der Waals surface area contributed by atoms with E-state index in [1.807, 2.05) is 36.4 Å². The summed E-state index contributed by atoms with van der Waals surface area (Å²) in [6, 6.07) is 63.6. The average Bonchev–Trinajstić information content (AvgIpc) is 3.58. The van der Waals surface area contributed by atoms with Crippen molar-refractivity contribution in [1.29, 1.82) is 0 Å². The summed E-state index contributed by atoms with van der Waals surface area (Å²) in [7, 11) is 0. The summed E-state index contributed by atoms with van der Waals surface area (Å²) in [6.45, 7) is 0. The van der Waals surface area contributed by atoms with E-state index in [2.05, 4.69) is 146 Å². The Kier molecular flexibility index (Phi) is 6.82. The normalized spacial score (nSPS) is 11.7. The molecule has 4 nitrogen and oxygen atoms in total. The van der Waals surface area contributed by atoms with Gasteiger partial charge in [-0.3, -0.25) is 0 Å². The highest BCUT2D eigenvalue weighted by Crippen LogP contribution is 2.49. The number of fused-ring (bicyclic) bond motifs is 6. The molecule has 0 atom stereocenters. The molecule has 0 unspecified atom stereocenters. The molecular formula is C50H30N4. The third-order valence-corrected chi connectivity index (χ3v) is 10.6. The van der Waals surface area contributed by atoms with Crippen LogP contribution >= 0.6 is 0 Å². The van der Waals surface area contributed by atoms with E-state index in [0.29, 0.717) is 5.82 Å². The van der Waals surface area contributed by atoms with Crippen LogP contribution < -0.4 is 0 Å². The topological polar surface area (TPSA) is 51.6 Å². The van der Waals surface area contributed by atoms with E-state index in [4.69, 9.17) is 19.9 Å². The van der Waals surface area contributed by atoms with Gasteiger partial charge in [-0.25, -0.2) is 19.9 Å². The summed E-state index contributed by atoms with van der Waals surface area (Å²) in [4.78, 5) is 20.6. The smallest absolute Gasteiger partial charge is 0.160 e. The van der Waals surface area contributed by atoms with Crippen LogP contribution in [0, 0.1) is 0 Å². The Hall–Kier alpha value is -7.30. The van der Waals surface area contributed by atoms with Crippen molar-refractivity contribution in [2.24, 2.45) is 0 Å². The van der Waals surface area contributed by atoms with Crippen LogP contribution in [0.4, 0.5) is 0 Å². The van der Waals surface area contributed by atoms with Gasteiger partial charge in [0.15, 0.2) is 5.82 Å². The minimum atomic E-state index is 0.683. The molecule has 11 rings (SSSR count). The second-order valence-corrected chi connectivity index (χ2v) is 13.8. The fourth-order valence-electron chi connectivity index (χ4n) is 7.99.